The molecule has 18 heavy (non-hydrogen) atoms. The van der Waals surface area contributed by atoms with Crippen molar-refractivity contribution in [2.45, 2.75) is 45.1 Å². The van der Waals surface area contributed by atoms with Gasteiger partial charge in [0.15, 0.2) is 0 Å². The molecule has 0 spiro atoms. The number of hydrogen-bond acceptors (Lipinski definition) is 2. The van der Waals surface area contributed by atoms with Crippen molar-refractivity contribution in [1.82, 2.24) is 0 Å². The van der Waals surface area contributed by atoms with Gasteiger partial charge in [0.25, 0.3) is 0 Å². The molecule has 1 aromatic carbocycles. The van der Waals surface area contributed by atoms with E-state index in [4.69, 9.17) is 5.73 Å². The average molecular weight is 250 g/mol. The highest BCUT2D eigenvalue weighted by Gasteiger charge is 2.29. The van der Waals surface area contributed by atoms with Crippen molar-refractivity contribution in [3.63, 3.8) is 0 Å². The lowest BCUT2D eigenvalue weighted by atomic mass is 10.1. The van der Waals surface area contributed by atoms with E-state index < -0.39 is 0 Å². The second-order valence-electron chi connectivity index (χ2n) is 5.09. The number of rotatable bonds is 7. The summed E-state index contributed by atoms with van der Waals surface area (Å²) in [7, 11) is 0. The summed E-state index contributed by atoms with van der Waals surface area (Å²) >= 11 is 0. The van der Waals surface area contributed by atoms with Gasteiger partial charge in [0.05, 0.1) is 0 Å². The van der Waals surface area contributed by atoms with Gasteiger partial charge in [-0.3, -0.25) is 0 Å². The summed E-state index contributed by atoms with van der Waals surface area (Å²) < 4.78 is 13.3. The fourth-order valence-electron chi connectivity index (χ4n) is 2.40. The molecule has 0 atom stereocenters. The molecular formula is C15H23FN2. The first-order valence-electron chi connectivity index (χ1n) is 7.01. The van der Waals surface area contributed by atoms with Crippen LogP contribution in [0.3, 0.4) is 0 Å². The van der Waals surface area contributed by atoms with E-state index in [1.165, 1.54) is 31.4 Å². The summed E-state index contributed by atoms with van der Waals surface area (Å²) in [4.78, 5) is 2.45. The van der Waals surface area contributed by atoms with E-state index in [1.807, 2.05) is 6.07 Å². The number of nitrogens with zero attached hydrogens (tertiary/aromatic N) is 1. The minimum atomic E-state index is -0.159. The van der Waals surface area contributed by atoms with Crippen molar-refractivity contribution in [2.24, 2.45) is 5.73 Å². The molecule has 1 saturated carbocycles. The summed E-state index contributed by atoms with van der Waals surface area (Å²) in [6, 6.07) is 5.80. The third-order valence-electron chi connectivity index (χ3n) is 3.50. The quantitative estimate of drug-likeness (QED) is 0.805. The van der Waals surface area contributed by atoms with E-state index >= 15 is 0 Å². The van der Waals surface area contributed by atoms with E-state index in [-0.39, 0.29) is 5.82 Å². The van der Waals surface area contributed by atoms with Gasteiger partial charge in [-0.25, -0.2) is 4.39 Å². The molecule has 1 aromatic rings. The van der Waals surface area contributed by atoms with Crippen molar-refractivity contribution in [1.29, 1.82) is 0 Å². The molecule has 2 rings (SSSR count). The highest BCUT2D eigenvalue weighted by Crippen LogP contribution is 2.34. The molecule has 2 N–H and O–H groups in total. The monoisotopic (exact) mass is 250 g/mol. The van der Waals surface area contributed by atoms with Gasteiger partial charge in [0.1, 0.15) is 5.82 Å². The molecule has 0 amide bonds. The van der Waals surface area contributed by atoms with Crippen LogP contribution < -0.4 is 10.6 Å². The number of anilines is 1. The number of hydrogen-bond donors (Lipinski definition) is 1. The Morgan fingerprint density at radius 3 is 2.78 bits per heavy atom. The fraction of sp³-hybridized carbons (Fsp3) is 0.600. The number of unbranched alkanes of at least 4 members (excludes halogenated alkanes) is 1. The third-order valence-corrected chi connectivity index (χ3v) is 3.50. The van der Waals surface area contributed by atoms with E-state index in [0.717, 1.165) is 18.5 Å². The Balaban J connectivity index is 2.21. The molecule has 0 saturated heterocycles. The lowest BCUT2D eigenvalue weighted by Gasteiger charge is -2.27. The molecule has 0 unspecified atom stereocenters. The molecule has 0 aliphatic heterocycles. The van der Waals surface area contributed by atoms with Crippen LogP contribution >= 0.6 is 0 Å². The van der Waals surface area contributed by atoms with Crippen molar-refractivity contribution in [3.8, 4) is 0 Å². The first kappa shape index (κ1) is 13.3. The zero-order valence-electron chi connectivity index (χ0n) is 11.2. The highest BCUT2D eigenvalue weighted by atomic mass is 19.1. The molecule has 0 aromatic heterocycles. The van der Waals surface area contributed by atoms with Crippen LogP contribution in [0.2, 0.25) is 0 Å². The normalized spacial score (nSPS) is 14.8. The van der Waals surface area contributed by atoms with E-state index in [1.54, 1.807) is 12.1 Å². The lowest BCUT2D eigenvalue weighted by molar-refractivity contribution is 0.623. The Bertz CT molecular complexity index is 388. The Morgan fingerprint density at radius 1 is 1.39 bits per heavy atom. The SMILES string of the molecule is CCCCN(c1ccc(F)cc1CCN)C1CC1. The van der Waals surface area contributed by atoms with Gasteiger partial charge in [-0.15, -0.1) is 0 Å². The molecule has 1 aliphatic rings. The van der Waals surface area contributed by atoms with Gasteiger partial charge in [-0.1, -0.05) is 13.3 Å². The predicted molar refractivity (Wildman–Crippen MR) is 74.4 cm³/mol. The highest BCUT2D eigenvalue weighted by molar-refractivity contribution is 5.55. The van der Waals surface area contributed by atoms with Crippen molar-refractivity contribution in [2.75, 3.05) is 18.0 Å². The van der Waals surface area contributed by atoms with Crippen LogP contribution in [0.1, 0.15) is 38.2 Å². The molecular weight excluding hydrogens is 227 g/mol. The molecule has 2 nitrogen and oxygen atoms in total. The Kier molecular flexibility index (Phi) is 4.59. The predicted octanol–water partition coefficient (Wildman–Crippen LogP) is 3.10. The van der Waals surface area contributed by atoms with Crippen LogP contribution in [0.15, 0.2) is 18.2 Å². The van der Waals surface area contributed by atoms with Gasteiger partial charge in [-0.05, 0) is 56.0 Å². The number of nitrogens with two attached hydrogens (primary N) is 1. The van der Waals surface area contributed by atoms with Gasteiger partial charge in [0.2, 0.25) is 0 Å². The second-order valence-corrected chi connectivity index (χ2v) is 5.09. The molecule has 0 heterocycles. The fourth-order valence-corrected chi connectivity index (χ4v) is 2.40. The molecule has 100 valence electrons. The first-order valence-corrected chi connectivity index (χ1v) is 7.01. The second kappa shape index (κ2) is 6.19. The van der Waals surface area contributed by atoms with Crippen LogP contribution in [0.4, 0.5) is 10.1 Å². The average Bonchev–Trinajstić information content (AvgIpc) is 3.17. The third kappa shape index (κ3) is 3.22. The molecule has 1 fully saturated rings. The molecule has 1 aliphatic carbocycles. The summed E-state index contributed by atoms with van der Waals surface area (Å²) in [5, 5.41) is 0. The number of benzene rings is 1. The minimum absolute atomic E-state index is 0.159. The maximum atomic E-state index is 13.3. The van der Waals surface area contributed by atoms with E-state index in [9.17, 15) is 4.39 Å². The van der Waals surface area contributed by atoms with Crippen LogP contribution in [0, 0.1) is 5.82 Å². The zero-order valence-corrected chi connectivity index (χ0v) is 11.2. The van der Waals surface area contributed by atoms with E-state index in [2.05, 4.69) is 11.8 Å². The Morgan fingerprint density at radius 2 is 2.17 bits per heavy atom. The number of halogens is 1. The minimum Gasteiger partial charge on any atom is -0.368 e. The van der Waals surface area contributed by atoms with Gasteiger partial charge >= 0.3 is 0 Å². The Hall–Kier alpha value is -1.09. The van der Waals surface area contributed by atoms with E-state index in [0.29, 0.717) is 12.6 Å². The van der Waals surface area contributed by atoms with Crippen LogP contribution in [-0.4, -0.2) is 19.1 Å². The smallest absolute Gasteiger partial charge is 0.123 e. The lowest BCUT2D eigenvalue weighted by Crippen LogP contribution is -2.28. The standard InChI is InChI=1S/C15H23FN2/c1-2-3-10-18(14-5-6-14)15-7-4-13(16)11-12(15)8-9-17/h4,7,11,14H,2-3,5-6,8-10,17H2,1H3. The largest absolute Gasteiger partial charge is 0.368 e. The topological polar surface area (TPSA) is 29.3 Å². The summed E-state index contributed by atoms with van der Waals surface area (Å²) in [6.07, 6.45) is 5.67. The van der Waals surface area contributed by atoms with Crippen molar-refractivity contribution < 1.29 is 4.39 Å². The van der Waals surface area contributed by atoms with Gasteiger partial charge in [0, 0.05) is 18.3 Å². The van der Waals surface area contributed by atoms with Crippen LogP contribution in [0.25, 0.3) is 0 Å². The summed E-state index contributed by atoms with van der Waals surface area (Å²) in [5.74, 6) is -0.159. The first-order chi connectivity index (χ1) is 8.76. The maximum Gasteiger partial charge on any atom is 0.123 e. The van der Waals surface area contributed by atoms with Gasteiger partial charge in [-0.2, -0.15) is 0 Å². The molecule has 0 radical (unpaired) electrons. The van der Waals surface area contributed by atoms with Gasteiger partial charge < -0.3 is 10.6 Å². The summed E-state index contributed by atoms with van der Waals surface area (Å²) in [6.45, 7) is 3.85. The zero-order chi connectivity index (χ0) is 13.0. The Labute approximate surface area is 109 Å². The molecule has 0 bridgehead atoms. The summed E-state index contributed by atoms with van der Waals surface area (Å²) in [5.41, 5.74) is 7.88. The molecule has 3 heteroatoms. The van der Waals surface area contributed by atoms with Crippen molar-refractivity contribution >= 4 is 5.69 Å². The maximum absolute atomic E-state index is 13.3. The van der Waals surface area contributed by atoms with Crippen LogP contribution in [0.5, 0.6) is 0 Å². The van der Waals surface area contributed by atoms with Crippen LogP contribution in [-0.2, 0) is 6.42 Å². The van der Waals surface area contributed by atoms with Crippen molar-refractivity contribution in [3.05, 3.63) is 29.6 Å².